The van der Waals surface area contributed by atoms with Gasteiger partial charge in [-0.05, 0) is 64.2 Å². The Hall–Kier alpha value is -1.65. The predicted molar refractivity (Wildman–Crippen MR) is 248 cm³/mol. The molecule has 56 heavy (non-hydrogen) atoms. The third-order valence-electron chi connectivity index (χ3n) is 11.3. The third-order valence-corrected chi connectivity index (χ3v) is 11.3. The van der Waals surface area contributed by atoms with Crippen LogP contribution in [0.2, 0.25) is 0 Å². The summed E-state index contributed by atoms with van der Waals surface area (Å²) in [6.45, 7) is 4.26. The molecule has 0 saturated carbocycles. The van der Waals surface area contributed by atoms with Crippen LogP contribution in [0.25, 0.3) is 0 Å². The Balaban J connectivity index is 3.51. The lowest BCUT2D eigenvalue weighted by molar-refractivity contribution is -0.123. The molecule has 4 heteroatoms. The SMILES string of the molecule is CCCC/C=C\CCCCCCCC(=O)NC(CO)C(O)/C=C/CC/C=C/CC/C=C/CCCCCCCCCCCCCCCCCCCCCCCCC. The van der Waals surface area contributed by atoms with Crippen LogP contribution in [0.4, 0.5) is 0 Å². The maximum Gasteiger partial charge on any atom is 0.220 e. The molecule has 0 heterocycles. The molecule has 1 amide bonds. The van der Waals surface area contributed by atoms with Crippen molar-refractivity contribution in [3.8, 4) is 0 Å². The van der Waals surface area contributed by atoms with Gasteiger partial charge >= 0.3 is 0 Å². The first-order valence-corrected chi connectivity index (χ1v) is 24.9. The Morgan fingerprint density at radius 2 is 0.714 bits per heavy atom. The highest BCUT2D eigenvalue weighted by Crippen LogP contribution is 2.16. The van der Waals surface area contributed by atoms with Gasteiger partial charge < -0.3 is 15.5 Å². The average Bonchev–Trinajstić information content (AvgIpc) is 3.20. The van der Waals surface area contributed by atoms with Crippen molar-refractivity contribution in [3.63, 3.8) is 0 Å². The lowest BCUT2D eigenvalue weighted by Gasteiger charge is -2.19. The number of nitrogens with one attached hydrogen (secondary N) is 1. The molecule has 0 aromatic rings. The van der Waals surface area contributed by atoms with E-state index in [1.165, 1.54) is 186 Å². The number of carbonyl (C=O) groups is 1. The summed E-state index contributed by atoms with van der Waals surface area (Å²) in [5.74, 6) is -0.0893. The molecule has 2 atom stereocenters. The molecule has 4 nitrogen and oxygen atoms in total. The average molecular weight is 784 g/mol. The summed E-state index contributed by atoms with van der Waals surface area (Å²) in [6, 6.07) is -0.649. The first-order chi connectivity index (χ1) is 27.7. The highest BCUT2D eigenvalue weighted by molar-refractivity contribution is 5.76. The van der Waals surface area contributed by atoms with Crippen molar-refractivity contribution in [3.05, 3.63) is 48.6 Å². The minimum absolute atomic E-state index is 0.0893. The van der Waals surface area contributed by atoms with Gasteiger partial charge in [0.2, 0.25) is 5.91 Å². The van der Waals surface area contributed by atoms with E-state index in [0.717, 1.165) is 51.4 Å². The maximum atomic E-state index is 12.3. The molecule has 0 spiro atoms. The van der Waals surface area contributed by atoms with Crippen LogP contribution in [0.5, 0.6) is 0 Å². The number of carbonyl (C=O) groups excluding carboxylic acids is 1. The fourth-order valence-electron chi connectivity index (χ4n) is 7.43. The van der Waals surface area contributed by atoms with Gasteiger partial charge in [0.05, 0.1) is 18.8 Å². The van der Waals surface area contributed by atoms with Gasteiger partial charge in [-0.1, -0.05) is 236 Å². The van der Waals surface area contributed by atoms with Gasteiger partial charge in [-0.15, -0.1) is 0 Å². The van der Waals surface area contributed by atoms with E-state index in [1.807, 2.05) is 6.08 Å². The van der Waals surface area contributed by atoms with E-state index in [-0.39, 0.29) is 12.5 Å². The van der Waals surface area contributed by atoms with E-state index < -0.39 is 12.1 Å². The van der Waals surface area contributed by atoms with Gasteiger partial charge in [0.1, 0.15) is 0 Å². The monoisotopic (exact) mass is 784 g/mol. The molecule has 0 aromatic heterocycles. The summed E-state index contributed by atoms with van der Waals surface area (Å²) < 4.78 is 0. The molecular formula is C52H97NO3. The van der Waals surface area contributed by atoms with E-state index in [4.69, 9.17) is 0 Å². The molecule has 3 N–H and O–H groups in total. The highest BCUT2D eigenvalue weighted by atomic mass is 16.3. The minimum atomic E-state index is -0.873. The number of amides is 1. The molecule has 0 aliphatic rings. The van der Waals surface area contributed by atoms with Crippen LogP contribution in [0.3, 0.4) is 0 Å². The molecule has 0 aliphatic heterocycles. The largest absolute Gasteiger partial charge is 0.394 e. The molecule has 0 bridgehead atoms. The van der Waals surface area contributed by atoms with Crippen LogP contribution in [-0.4, -0.2) is 34.9 Å². The van der Waals surface area contributed by atoms with Crippen LogP contribution in [0.1, 0.15) is 258 Å². The maximum absolute atomic E-state index is 12.3. The summed E-state index contributed by atoms with van der Waals surface area (Å²) in [5, 5.41) is 22.9. The molecule has 0 aliphatic carbocycles. The Kier molecular flexibility index (Phi) is 46.3. The van der Waals surface area contributed by atoms with Gasteiger partial charge in [-0.3, -0.25) is 4.79 Å². The number of hydrogen-bond donors (Lipinski definition) is 3. The minimum Gasteiger partial charge on any atom is -0.394 e. The molecule has 328 valence electrons. The van der Waals surface area contributed by atoms with Crippen molar-refractivity contribution in [2.24, 2.45) is 0 Å². The highest BCUT2D eigenvalue weighted by Gasteiger charge is 2.17. The second-order valence-corrected chi connectivity index (χ2v) is 16.9. The number of allylic oxidation sites excluding steroid dienone is 7. The number of unbranched alkanes of at least 4 members (excludes halogenated alkanes) is 32. The Bertz CT molecular complexity index is 893. The van der Waals surface area contributed by atoms with E-state index >= 15 is 0 Å². The molecular weight excluding hydrogens is 687 g/mol. The van der Waals surface area contributed by atoms with Crippen molar-refractivity contribution >= 4 is 5.91 Å². The lowest BCUT2D eigenvalue weighted by Crippen LogP contribution is -2.45. The van der Waals surface area contributed by atoms with Gasteiger partial charge in [-0.25, -0.2) is 0 Å². The van der Waals surface area contributed by atoms with Crippen LogP contribution >= 0.6 is 0 Å². The quantitative estimate of drug-likeness (QED) is 0.0425. The topological polar surface area (TPSA) is 69.6 Å². The van der Waals surface area contributed by atoms with Crippen molar-refractivity contribution in [2.45, 2.75) is 270 Å². The summed E-state index contributed by atoms with van der Waals surface area (Å²) >= 11 is 0. The van der Waals surface area contributed by atoms with Crippen molar-refractivity contribution in [1.82, 2.24) is 5.32 Å². The van der Waals surface area contributed by atoms with Crippen LogP contribution in [0, 0.1) is 0 Å². The standard InChI is InChI=1S/C52H97NO3/c1-3-5-7-9-11-13-15-16-17-18-19-20-21-22-23-24-25-26-27-28-29-30-31-32-33-34-35-36-38-39-41-43-45-47-51(55)50(49-54)53-52(56)48-46-44-42-40-37-14-12-10-8-6-4-2/h10,12,33-34,38-39,45,47,50-51,54-55H,3-9,11,13-32,35-37,40-44,46,48-49H2,1-2H3,(H,53,56)/b12-10-,34-33+,39-38+,47-45+. The third kappa shape index (κ3) is 43.5. The Morgan fingerprint density at radius 3 is 1.09 bits per heavy atom. The second-order valence-electron chi connectivity index (χ2n) is 16.9. The van der Waals surface area contributed by atoms with E-state index in [9.17, 15) is 15.0 Å². The summed E-state index contributed by atoms with van der Waals surface area (Å²) in [5.41, 5.74) is 0. The smallest absolute Gasteiger partial charge is 0.220 e. The van der Waals surface area contributed by atoms with Gasteiger partial charge in [0, 0.05) is 6.42 Å². The summed E-state index contributed by atoms with van der Waals surface area (Å²) in [6.07, 6.45) is 65.6. The number of aliphatic hydroxyl groups is 2. The zero-order chi connectivity index (χ0) is 40.7. The Morgan fingerprint density at radius 1 is 0.411 bits per heavy atom. The zero-order valence-electron chi connectivity index (χ0n) is 37.7. The fraction of sp³-hybridized carbons (Fsp3) is 0.827. The first kappa shape index (κ1) is 54.3. The van der Waals surface area contributed by atoms with Crippen LogP contribution in [-0.2, 0) is 4.79 Å². The molecule has 2 unspecified atom stereocenters. The Labute approximate surface area is 350 Å². The van der Waals surface area contributed by atoms with E-state index in [0.29, 0.717) is 6.42 Å². The molecule has 0 radical (unpaired) electrons. The van der Waals surface area contributed by atoms with E-state index in [2.05, 4.69) is 55.6 Å². The first-order valence-electron chi connectivity index (χ1n) is 24.9. The van der Waals surface area contributed by atoms with Gasteiger partial charge in [0.15, 0.2) is 0 Å². The van der Waals surface area contributed by atoms with Crippen molar-refractivity contribution in [2.75, 3.05) is 6.61 Å². The molecule has 0 saturated heterocycles. The lowest BCUT2D eigenvalue weighted by atomic mass is 10.0. The van der Waals surface area contributed by atoms with Crippen molar-refractivity contribution in [1.29, 1.82) is 0 Å². The fourth-order valence-corrected chi connectivity index (χ4v) is 7.43. The summed E-state index contributed by atoms with van der Waals surface area (Å²) in [7, 11) is 0. The van der Waals surface area contributed by atoms with Gasteiger partial charge in [0.25, 0.3) is 0 Å². The van der Waals surface area contributed by atoms with Crippen LogP contribution < -0.4 is 5.32 Å². The summed E-state index contributed by atoms with van der Waals surface area (Å²) in [4.78, 5) is 12.3. The van der Waals surface area contributed by atoms with Crippen LogP contribution in [0.15, 0.2) is 48.6 Å². The molecule has 0 rings (SSSR count). The van der Waals surface area contributed by atoms with Gasteiger partial charge in [-0.2, -0.15) is 0 Å². The van der Waals surface area contributed by atoms with Crippen molar-refractivity contribution < 1.29 is 15.0 Å². The number of rotatable bonds is 45. The predicted octanol–water partition coefficient (Wildman–Crippen LogP) is 15.9. The molecule has 0 fully saturated rings. The second kappa shape index (κ2) is 47.7. The normalized spacial score (nSPS) is 13.3. The number of hydrogen-bond acceptors (Lipinski definition) is 3. The molecule has 0 aromatic carbocycles. The van der Waals surface area contributed by atoms with E-state index in [1.54, 1.807) is 6.08 Å². The zero-order valence-corrected chi connectivity index (χ0v) is 37.7. The number of aliphatic hydroxyl groups excluding tert-OH is 2.